The van der Waals surface area contributed by atoms with Gasteiger partial charge in [0.1, 0.15) is 11.9 Å². The summed E-state index contributed by atoms with van der Waals surface area (Å²) in [7, 11) is 1.25. The van der Waals surface area contributed by atoms with Crippen LogP contribution in [0.3, 0.4) is 0 Å². The number of benzene rings is 1. The molecule has 0 unspecified atom stereocenters. The molecule has 0 aliphatic carbocycles. The highest BCUT2D eigenvalue weighted by atomic mass is 79.9. The molecule has 0 aliphatic rings. The van der Waals surface area contributed by atoms with Crippen molar-refractivity contribution in [1.82, 2.24) is 0 Å². The van der Waals surface area contributed by atoms with Crippen LogP contribution in [0.4, 0.5) is 4.39 Å². The van der Waals surface area contributed by atoms with Gasteiger partial charge in [-0.15, -0.1) is 12.4 Å². The third-order valence-electron chi connectivity index (χ3n) is 1.75. The Morgan fingerprint density at radius 1 is 1.60 bits per heavy atom. The first-order chi connectivity index (χ1) is 6.56. The van der Waals surface area contributed by atoms with Crippen molar-refractivity contribution in [1.29, 1.82) is 0 Å². The van der Waals surface area contributed by atoms with Gasteiger partial charge in [-0.3, -0.25) is 4.79 Å². The molecule has 1 aromatic rings. The molecule has 0 aromatic heterocycles. The fourth-order valence-corrected chi connectivity index (χ4v) is 1.61. The molecule has 0 saturated carbocycles. The standard InChI is InChI=1S/C9H9BrFNO2.ClH/c1-14-9(13)8(12)6-3-2-5(11)4-7(6)10;/h2-4,8H,12H2,1H3;1H/t8-;/m1./s1. The largest absolute Gasteiger partial charge is 0.468 e. The van der Waals surface area contributed by atoms with Gasteiger partial charge < -0.3 is 10.5 Å². The summed E-state index contributed by atoms with van der Waals surface area (Å²) >= 11 is 3.12. The van der Waals surface area contributed by atoms with Gasteiger partial charge in [0, 0.05) is 4.47 Å². The summed E-state index contributed by atoms with van der Waals surface area (Å²) in [6.45, 7) is 0. The van der Waals surface area contributed by atoms with Gasteiger partial charge in [-0.2, -0.15) is 0 Å². The third kappa shape index (κ3) is 3.44. The molecular formula is C9H10BrClFNO2. The fourth-order valence-electron chi connectivity index (χ4n) is 1.01. The van der Waals surface area contributed by atoms with Gasteiger partial charge in [0.2, 0.25) is 0 Å². The molecule has 2 N–H and O–H groups in total. The Balaban J connectivity index is 0.00000196. The average Bonchev–Trinajstić information content (AvgIpc) is 2.15. The molecule has 0 heterocycles. The predicted octanol–water partition coefficient (Wildman–Crippen LogP) is 2.18. The maximum Gasteiger partial charge on any atom is 0.327 e. The molecule has 0 bridgehead atoms. The zero-order chi connectivity index (χ0) is 10.7. The predicted molar refractivity (Wildman–Crippen MR) is 60.3 cm³/mol. The highest BCUT2D eigenvalue weighted by Crippen LogP contribution is 2.23. The normalized spacial score (nSPS) is 11.5. The number of hydrogen-bond donors (Lipinski definition) is 1. The monoisotopic (exact) mass is 297 g/mol. The van der Waals surface area contributed by atoms with Crippen LogP contribution in [0.1, 0.15) is 11.6 Å². The minimum atomic E-state index is -0.894. The van der Waals surface area contributed by atoms with Crippen LogP contribution in [0.15, 0.2) is 22.7 Å². The summed E-state index contributed by atoms with van der Waals surface area (Å²) in [5.41, 5.74) is 6.07. The van der Waals surface area contributed by atoms with Crippen molar-refractivity contribution in [2.75, 3.05) is 7.11 Å². The molecule has 3 nitrogen and oxygen atoms in total. The molecule has 0 fully saturated rings. The lowest BCUT2D eigenvalue weighted by Gasteiger charge is -2.11. The summed E-state index contributed by atoms with van der Waals surface area (Å²) in [6, 6.07) is 3.04. The van der Waals surface area contributed by atoms with Gasteiger partial charge in [-0.1, -0.05) is 22.0 Å². The van der Waals surface area contributed by atoms with Gasteiger partial charge in [-0.25, -0.2) is 4.39 Å². The Morgan fingerprint density at radius 2 is 2.20 bits per heavy atom. The van der Waals surface area contributed by atoms with Gasteiger partial charge >= 0.3 is 5.97 Å². The summed E-state index contributed by atoms with van der Waals surface area (Å²) in [4.78, 5) is 11.1. The number of halogens is 3. The van der Waals surface area contributed by atoms with Gasteiger partial charge in [0.05, 0.1) is 7.11 Å². The topological polar surface area (TPSA) is 52.3 Å². The van der Waals surface area contributed by atoms with Gasteiger partial charge in [0.25, 0.3) is 0 Å². The lowest BCUT2D eigenvalue weighted by Crippen LogP contribution is -2.22. The van der Waals surface area contributed by atoms with E-state index in [0.717, 1.165) is 0 Å². The van der Waals surface area contributed by atoms with Gasteiger partial charge in [0.15, 0.2) is 0 Å². The van der Waals surface area contributed by atoms with E-state index in [0.29, 0.717) is 10.0 Å². The van der Waals surface area contributed by atoms with Crippen molar-refractivity contribution >= 4 is 34.3 Å². The maximum atomic E-state index is 12.7. The number of hydrogen-bond acceptors (Lipinski definition) is 3. The SMILES string of the molecule is COC(=O)[C@H](N)c1ccc(F)cc1Br.Cl. The molecule has 15 heavy (non-hydrogen) atoms. The average molecular weight is 299 g/mol. The van der Waals surface area contributed by atoms with Crippen LogP contribution >= 0.6 is 28.3 Å². The van der Waals surface area contributed by atoms with E-state index < -0.39 is 17.8 Å². The number of ether oxygens (including phenoxy) is 1. The molecular weight excluding hydrogens is 288 g/mol. The molecule has 84 valence electrons. The quantitative estimate of drug-likeness (QED) is 0.852. The molecule has 0 amide bonds. The zero-order valence-corrected chi connectivity index (χ0v) is 10.3. The Morgan fingerprint density at radius 3 is 2.67 bits per heavy atom. The Labute approximate surface area is 101 Å². The first kappa shape index (κ1) is 14.3. The lowest BCUT2D eigenvalue weighted by molar-refractivity contribution is -0.142. The molecule has 0 aliphatic heterocycles. The van der Waals surface area contributed by atoms with E-state index in [2.05, 4.69) is 20.7 Å². The lowest BCUT2D eigenvalue weighted by atomic mass is 10.1. The summed E-state index contributed by atoms with van der Waals surface area (Å²) in [5, 5.41) is 0. The van der Waals surface area contributed by atoms with E-state index in [1.165, 1.54) is 25.3 Å². The first-order valence-corrected chi connectivity index (χ1v) is 4.64. The maximum absolute atomic E-state index is 12.7. The van der Waals surface area contributed by atoms with Crippen LogP contribution in [-0.2, 0) is 9.53 Å². The Kier molecular flexibility index (Phi) is 5.79. The smallest absolute Gasteiger partial charge is 0.327 e. The number of esters is 1. The highest BCUT2D eigenvalue weighted by molar-refractivity contribution is 9.10. The summed E-state index contributed by atoms with van der Waals surface area (Å²) in [6.07, 6.45) is 0. The van der Waals surface area contributed by atoms with Crippen molar-refractivity contribution in [3.8, 4) is 0 Å². The second kappa shape index (κ2) is 6.05. The summed E-state index contributed by atoms with van der Waals surface area (Å²) in [5.74, 6) is -0.949. The van der Waals surface area contributed by atoms with Crippen molar-refractivity contribution in [3.05, 3.63) is 34.1 Å². The number of methoxy groups -OCH3 is 1. The van der Waals surface area contributed by atoms with Crippen molar-refractivity contribution in [3.63, 3.8) is 0 Å². The fraction of sp³-hybridized carbons (Fsp3) is 0.222. The molecule has 1 atom stereocenters. The molecule has 1 rings (SSSR count). The number of nitrogens with two attached hydrogens (primary N) is 1. The Hall–Kier alpha value is -0.650. The molecule has 1 aromatic carbocycles. The Bertz CT molecular complexity index is 362. The van der Waals surface area contributed by atoms with Crippen LogP contribution in [0.2, 0.25) is 0 Å². The zero-order valence-electron chi connectivity index (χ0n) is 7.87. The van der Waals surface area contributed by atoms with Crippen LogP contribution < -0.4 is 5.73 Å². The van der Waals surface area contributed by atoms with E-state index in [1.54, 1.807) is 0 Å². The second-order valence-corrected chi connectivity index (χ2v) is 3.52. The van der Waals surface area contributed by atoms with Gasteiger partial charge in [-0.05, 0) is 17.7 Å². The molecule has 6 heteroatoms. The van der Waals surface area contributed by atoms with Crippen molar-refractivity contribution in [2.24, 2.45) is 5.73 Å². The number of carbonyl (C=O) groups is 1. The van der Waals surface area contributed by atoms with Crippen molar-refractivity contribution in [2.45, 2.75) is 6.04 Å². The van der Waals surface area contributed by atoms with E-state index in [1.807, 2.05) is 0 Å². The van der Waals surface area contributed by atoms with Crippen LogP contribution in [0.5, 0.6) is 0 Å². The highest BCUT2D eigenvalue weighted by Gasteiger charge is 2.18. The van der Waals surface area contributed by atoms with Crippen LogP contribution in [0, 0.1) is 5.82 Å². The summed E-state index contributed by atoms with van der Waals surface area (Å²) < 4.78 is 17.6. The minimum absolute atomic E-state index is 0. The van der Waals surface area contributed by atoms with E-state index in [9.17, 15) is 9.18 Å². The van der Waals surface area contributed by atoms with Crippen molar-refractivity contribution < 1.29 is 13.9 Å². The molecule has 0 saturated heterocycles. The number of rotatable bonds is 2. The van der Waals surface area contributed by atoms with E-state index in [-0.39, 0.29) is 12.4 Å². The second-order valence-electron chi connectivity index (χ2n) is 2.67. The van der Waals surface area contributed by atoms with E-state index >= 15 is 0 Å². The minimum Gasteiger partial charge on any atom is -0.468 e. The van der Waals surface area contributed by atoms with E-state index in [4.69, 9.17) is 5.73 Å². The third-order valence-corrected chi connectivity index (χ3v) is 2.44. The molecule has 0 spiro atoms. The molecule has 0 radical (unpaired) electrons. The van der Waals surface area contributed by atoms with Crippen LogP contribution in [0.25, 0.3) is 0 Å². The first-order valence-electron chi connectivity index (χ1n) is 3.84. The number of carbonyl (C=O) groups excluding carboxylic acids is 1. The van der Waals surface area contributed by atoms with Crippen LogP contribution in [-0.4, -0.2) is 13.1 Å².